The summed E-state index contributed by atoms with van der Waals surface area (Å²) in [4.78, 5) is 16.4. The van der Waals surface area contributed by atoms with Gasteiger partial charge in [0.15, 0.2) is 0 Å². The molecule has 0 amide bonds. The first-order chi connectivity index (χ1) is 7.80. The molecule has 17 heavy (non-hydrogen) atoms. The van der Waals surface area contributed by atoms with Gasteiger partial charge < -0.3 is 4.98 Å². The van der Waals surface area contributed by atoms with Gasteiger partial charge in [0.05, 0.1) is 20.9 Å². The number of nitrogens with zero attached hydrogens (tertiary/aromatic N) is 1. The summed E-state index contributed by atoms with van der Waals surface area (Å²) in [7, 11) is 0. The van der Waals surface area contributed by atoms with Crippen LogP contribution in [0, 0.1) is 0 Å². The molecule has 0 fully saturated rings. The molecular weight excluding hydrogens is 280 g/mol. The molecule has 3 nitrogen and oxygen atoms in total. The Bertz CT molecular complexity index is 651. The van der Waals surface area contributed by atoms with E-state index in [0.717, 1.165) is 0 Å². The third-order valence-electron chi connectivity index (χ3n) is 2.03. The van der Waals surface area contributed by atoms with Gasteiger partial charge in [-0.15, -0.1) is 0 Å². The van der Waals surface area contributed by atoms with Crippen LogP contribution in [-0.4, -0.2) is 9.97 Å². The second-order valence-corrected chi connectivity index (χ2v) is 3.98. The van der Waals surface area contributed by atoms with Gasteiger partial charge in [0.2, 0.25) is 5.82 Å². The van der Waals surface area contributed by atoms with Gasteiger partial charge in [0, 0.05) is 0 Å². The fourth-order valence-electron chi connectivity index (χ4n) is 1.31. The van der Waals surface area contributed by atoms with Crippen LogP contribution in [0.25, 0.3) is 10.9 Å². The Morgan fingerprint density at radius 3 is 2.35 bits per heavy atom. The van der Waals surface area contributed by atoms with Crippen LogP contribution in [0.2, 0.25) is 10.0 Å². The highest BCUT2D eigenvalue weighted by Crippen LogP contribution is 2.30. The van der Waals surface area contributed by atoms with Crippen molar-refractivity contribution in [3.8, 4) is 0 Å². The fourth-order valence-corrected chi connectivity index (χ4v) is 1.75. The highest BCUT2D eigenvalue weighted by molar-refractivity contribution is 6.39. The van der Waals surface area contributed by atoms with E-state index in [-0.39, 0.29) is 20.9 Å². The van der Waals surface area contributed by atoms with E-state index in [4.69, 9.17) is 23.2 Å². The Labute approximate surface area is 102 Å². The van der Waals surface area contributed by atoms with Gasteiger partial charge in [-0.25, -0.2) is 4.98 Å². The third kappa shape index (κ3) is 2.10. The summed E-state index contributed by atoms with van der Waals surface area (Å²) in [6, 6.07) is 2.59. The molecule has 2 rings (SSSR count). The topological polar surface area (TPSA) is 45.8 Å². The summed E-state index contributed by atoms with van der Waals surface area (Å²) in [5.74, 6) is -1.40. The zero-order chi connectivity index (χ0) is 12.8. The summed E-state index contributed by atoms with van der Waals surface area (Å²) in [5, 5.41) is -0.236. The van der Waals surface area contributed by atoms with Gasteiger partial charge in [-0.3, -0.25) is 4.79 Å². The minimum atomic E-state index is -4.75. The molecule has 0 bridgehead atoms. The number of nitrogens with one attached hydrogen (secondary N) is 1. The Morgan fingerprint density at radius 2 is 1.76 bits per heavy atom. The molecule has 2 aromatic rings. The predicted octanol–water partition coefficient (Wildman–Crippen LogP) is 3.25. The van der Waals surface area contributed by atoms with Crippen LogP contribution in [-0.2, 0) is 6.18 Å². The highest BCUT2D eigenvalue weighted by Gasteiger charge is 2.34. The van der Waals surface area contributed by atoms with Crippen molar-refractivity contribution in [3.63, 3.8) is 0 Å². The van der Waals surface area contributed by atoms with Gasteiger partial charge in [0.1, 0.15) is 0 Å². The number of alkyl halides is 3. The van der Waals surface area contributed by atoms with E-state index >= 15 is 0 Å². The molecule has 0 spiro atoms. The van der Waals surface area contributed by atoms with Crippen molar-refractivity contribution in [2.24, 2.45) is 0 Å². The second-order valence-electron chi connectivity index (χ2n) is 3.17. The summed E-state index contributed by atoms with van der Waals surface area (Å²) in [6.45, 7) is 0. The smallest absolute Gasteiger partial charge is 0.302 e. The molecule has 1 heterocycles. The molecule has 1 aromatic carbocycles. The van der Waals surface area contributed by atoms with E-state index in [0.29, 0.717) is 0 Å². The number of H-pyrrole nitrogens is 1. The zero-order valence-corrected chi connectivity index (χ0v) is 9.41. The summed E-state index contributed by atoms with van der Waals surface area (Å²) in [6.07, 6.45) is -4.75. The number of hydrogen-bond donors (Lipinski definition) is 1. The lowest BCUT2D eigenvalue weighted by Gasteiger charge is -2.07. The van der Waals surface area contributed by atoms with E-state index in [1.54, 1.807) is 4.98 Å². The van der Waals surface area contributed by atoms with Crippen molar-refractivity contribution >= 4 is 34.1 Å². The van der Waals surface area contributed by atoms with Crippen LogP contribution in [0.3, 0.4) is 0 Å². The number of hydrogen-bond acceptors (Lipinski definition) is 2. The molecule has 0 aliphatic rings. The molecular formula is C9H3Cl2F3N2O. The number of aromatic nitrogens is 2. The molecule has 0 aliphatic carbocycles. The quantitative estimate of drug-likeness (QED) is 0.806. The van der Waals surface area contributed by atoms with Crippen LogP contribution in [0.1, 0.15) is 5.82 Å². The van der Waals surface area contributed by atoms with E-state index < -0.39 is 17.6 Å². The van der Waals surface area contributed by atoms with Gasteiger partial charge in [0.25, 0.3) is 5.56 Å². The Hall–Kier alpha value is -1.27. The number of halogens is 5. The molecule has 1 N–H and O–H groups in total. The molecule has 8 heteroatoms. The van der Waals surface area contributed by atoms with E-state index in [9.17, 15) is 18.0 Å². The lowest BCUT2D eigenvalue weighted by atomic mass is 10.2. The molecule has 0 saturated heterocycles. The van der Waals surface area contributed by atoms with Gasteiger partial charge in [-0.05, 0) is 12.1 Å². The van der Waals surface area contributed by atoms with Crippen LogP contribution in [0.15, 0.2) is 16.9 Å². The first-order valence-electron chi connectivity index (χ1n) is 4.26. The molecule has 1 aromatic heterocycles. The van der Waals surface area contributed by atoms with Crippen molar-refractivity contribution < 1.29 is 13.2 Å². The molecule has 0 atom stereocenters. The van der Waals surface area contributed by atoms with Crippen molar-refractivity contribution in [1.82, 2.24) is 9.97 Å². The maximum Gasteiger partial charge on any atom is 0.449 e. The Balaban J connectivity index is 2.92. The van der Waals surface area contributed by atoms with E-state index in [1.807, 2.05) is 0 Å². The fraction of sp³-hybridized carbons (Fsp3) is 0.111. The van der Waals surface area contributed by atoms with Crippen LogP contribution < -0.4 is 5.56 Å². The van der Waals surface area contributed by atoms with Crippen LogP contribution in [0.4, 0.5) is 13.2 Å². The molecule has 0 aliphatic heterocycles. The standard InChI is InChI=1S/C9H3Cl2F3N2O/c10-3-1-2-4(11)6-5(3)7(17)16-8(15-6)9(12,13)14/h1-2H,(H,15,16,17). The number of rotatable bonds is 0. The minimum Gasteiger partial charge on any atom is -0.302 e. The summed E-state index contributed by atoms with van der Waals surface area (Å²) < 4.78 is 37.3. The van der Waals surface area contributed by atoms with E-state index in [2.05, 4.69) is 4.98 Å². The van der Waals surface area contributed by atoms with Gasteiger partial charge >= 0.3 is 6.18 Å². The van der Waals surface area contributed by atoms with Gasteiger partial charge in [-0.2, -0.15) is 13.2 Å². The molecule has 0 unspecified atom stereocenters. The van der Waals surface area contributed by atoms with E-state index in [1.165, 1.54) is 12.1 Å². The first kappa shape index (κ1) is 12.2. The average molecular weight is 283 g/mol. The van der Waals surface area contributed by atoms with Crippen LogP contribution in [0.5, 0.6) is 0 Å². The lowest BCUT2D eigenvalue weighted by Crippen LogP contribution is -2.19. The maximum absolute atomic E-state index is 12.4. The SMILES string of the molecule is O=c1[nH]c(C(F)(F)F)nc2c(Cl)ccc(Cl)c12. The number of fused-ring (bicyclic) bond motifs is 1. The number of aromatic amines is 1. The molecule has 90 valence electrons. The predicted molar refractivity (Wildman–Crippen MR) is 57.4 cm³/mol. The Morgan fingerprint density at radius 1 is 1.18 bits per heavy atom. The van der Waals surface area contributed by atoms with Crippen molar-refractivity contribution in [2.75, 3.05) is 0 Å². The van der Waals surface area contributed by atoms with Crippen LogP contribution >= 0.6 is 23.2 Å². The van der Waals surface area contributed by atoms with Crippen molar-refractivity contribution in [2.45, 2.75) is 6.18 Å². The monoisotopic (exact) mass is 282 g/mol. The minimum absolute atomic E-state index is 0.00752. The number of benzene rings is 1. The molecule has 0 radical (unpaired) electrons. The zero-order valence-electron chi connectivity index (χ0n) is 7.90. The van der Waals surface area contributed by atoms with Crippen molar-refractivity contribution in [3.05, 3.63) is 38.4 Å². The maximum atomic E-state index is 12.4. The molecule has 0 saturated carbocycles. The summed E-state index contributed by atoms with van der Waals surface area (Å²) >= 11 is 11.4. The highest BCUT2D eigenvalue weighted by atomic mass is 35.5. The second kappa shape index (κ2) is 3.89. The van der Waals surface area contributed by atoms with Crippen molar-refractivity contribution in [1.29, 1.82) is 0 Å². The average Bonchev–Trinajstić information content (AvgIpc) is 2.21. The Kier molecular flexibility index (Phi) is 2.79. The lowest BCUT2D eigenvalue weighted by molar-refractivity contribution is -0.144. The first-order valence-corrected chi connectivity index (χ1v) is 5.01. The largest absolute Gasteiger partial charge is 0.449 e. The normalized spacial score (nSPS) is 12.1. The third-order valence-corrected chi connectivity index (χ3v) is 2.65. The van der Waals surface area contributed by atoms with Gasteiger partial charge in [-0.1, -0.05) is 23.2 Å². The summed E-state index contributed by atoms with van der Waals surface area (Å²) in [5.41, 5.74) is -1.25.